The summed E-state index contributed by atoms with van der Waals surface area (Å²) in [4.78, 5) is 11.7. The third-order valence-electron chi connectivity index (χ3n) is 3.70. The molecule has 1 heterocycles. The van der Waals surface area contributed by atoms with Crippen LogP contribution < -0.4 is 11.4 Å². The van der Waals surface area contributed by atoms with Crippen molar-refractivity contribution in [3.05, 3.63) is 10.5 Å². The van der Waals surface area contributed by atoms with Crippen LogP contribution in [-0.2, 0) is 0 Å². The minimum absolute atomic E-state index is 0.124. The van der Waals surface area contributed by atoms with Gasteiger partial charge in [-0.25, -0.2) is 9.89 Å². The summed E-state index contributed by atoms with van der Waals surface area (Å²) in [6.45, 7) is 4.00. The summed E-state index contributed by atoms with van der Waals surface area (Å²) in [5, 5.41) is 7.85. The molecule has 0 aromatic carbocycles. The molecule has 2 atom stereocenters. The summed E-state index contributed by atoms with van der Waals surface area (Å²) in [5.41, 5.74) is 6.16. The van der Waals surface area contributed by atoms with Crippen LogP contribution in [0.3, 0.4) is 0 Å². The first kappa shape index (κ1) is 14.7. The van der Waals surface area contributed by atoms with Crippen molar-refractivity contribution in [3.63, 3.8) is 0 Å². The first-order valence-electron chi connectivity index (χ1n) is 7.18. The van der Waals surface area contributed by atoms with Gasteiger partial charge in [-0.1, -0.05) is 37.4 Å². The molecule has 1 fully saturated rings. The van der Waals surface area contributed by atoms with Crippen LogP contribution in [0.4, 0.5) is 0 Å². The van der Waals surface area contributed by atoms with Crippen molar-refractivity contribution in [2.75, 3.05) is 0 Å². The molecule has 0 aliphatic heterocycles. The predicted octanol–water partition coefficient (Wildman–Crippen LogP) is 2.29. The molecule has 3 N–H and O–H groups in total. The molecule has 2 rings (SSSR count). The lowest BCUT2D eigenvalue weighted by atomic mass is 9.97. The van der Waals surface area contributed by atoms with E-state index in [1.165, 1.54) is 25.7 Å². The van der Waals surface area contributed by atoms with Crippen LogP contribution in [0.5, 0.6) is 0 Å². The Hall–Kier alpha value is -0.750. The topological polar surface area (TPSA) is 76.7 Å². The van der Waals surface area contributed by atoms with Gasteiger partial charge in [-0.3, -0.25) is 4.57 Å². The first-order chi connectivity index (χ1) is 9.09. The number of nitrogens with one attached hydrogen (secondary N) is 1. The third-order valence-corrected chi connectivity index (χ3v) is 5.09. The van der Waals surface area contributed by atoms with Crippen LogP contribution >= 0.6 is 11.8 Å². The van der Waals surface area contributed by atoms with Crippen LogP contribution in [0, 0.1) is 0 Å². The van der Waals surface area contributed by atoms with E-state index in [0.29, 0.717) is 5.25 Å². The molecular weight excluding hydrogens is 260 g/mol. The van der Waals surface area contributed by atoms with Gasteiger partial charge in [0.05, 0.1) is 0 Å². The summed E-state index contributed by atoms with van der Waals surface area (Å²) in [7, 11) is 0. The molecule has 2 unspecified atom stereocenters. The quantitative estimate of drug-likeness (QED) is 0.893. The van der Waals surface area contributed by atoms with Crippen LogP contribution in [0.25, 0.3) is 0 Å². The number of hydrogen-bond acceptors (Lipinski definition) is 4. The summed E-state index contributed by atoms with van der Waals surface area (Å²) in [6, 6.07) is 0.330. The molecule has 1 saturated carbocycles. The number of nitrogens with two attached hydrogens (primary N) is 1. The van der Waals surface area contributed by atoms with Crippen LogP contribution in [0.2, 0.25) is 0 Å². The standard InChI is InChI=1S/C13H24N4OS/c1-9(2)17-12(18)15-16-13(17)19-11-8-6-4-3-5-7-10(11)14/h9-11H,3-8,14H2,1-2H3,(H,15,18). The fourth-order valence-electron chi connectivity index (χ4n) is 2.59. The van der Waals surface area contributed by atoms with Crippen molar-refractivity contribution in [2.45, 2.75) is 74.9 Å². The van der Waals surface area contributed by atoms with Gasteiger partial charge in [0.1, 0.15) is 0 Å². The number of hydrogen-bond donors (Lipinski definition) is 2. The Morgan fingerprint density at radius 1 is 1.32 bits per heavy atom. The molecule has 0 bridgehead atoms. The normalized spacial score (nSPS) is 25.3. The molecular formula is C13H24N4OS. The largest absolute Gasteiger partial charge is 0.344 e. The Labute approximate surface area is 118 Å². The van der Waals surface area contributed by atoms with Gasteiger partial charge in [-0.15, -0.1) is 5.10 Å². The van der Waals surface area contributed by atoms with E-state index >= 15 is 0 Å². The van der Waals surface area contributed by atoms with E-state index in [4.69, 9.17) is 5.73 Å². The van der Waals surface area contributed by atoms with Gasteiger partial charge in [-0.2, -0.15) is 0 Å². The van der Waals surface area contributed by atoms with Gasteiger partial charge < -0.3 is 5.73 Å². The van der Waals surface area contributed by atoms with Crippen molar-refractivity contribution < 1.29 is 0 Å². The maximum Gasteiger partial charge on any atom is 0.344 e. The van der Waals surface area contributed by atoms with E-state index in [1.54, 1.807) is 16.3 Å². The minimum atomic E-state index is -0.128. The zero-order chi connectivity index (χ0) is 13.8. The van der Waals surface area contributed by atoms with Gasteiger partial charge in [-0.05, 0) is 26.7 Å². The zero-order valence-electron chi connectivity index (χ0n) is 11.8. The lowest BCUT2D eigenvalue weighted by Crippen LogP contribution is -2.33. The van der Waals surface area contributed by atoms with E-state index in [-0.39, 0.29) is 17.8 Å². The lowest BCUT2D eigenvalue weighted by molar-refractivity contribution is 0.460. The highest BCUT2D eigenvalue weighted by molar-refractivity contribution is 7.99. The Balaban J connectivity index is 2.12. The highest BCUT2D eigenvalue weighted by Gasteiger charge is 2.23. The highest BCUT2D eigenvalue weighted by Crippen LogP contribution is 2.31. The van der Waals surface area contributed by atoms with Crippen molar-refractivity contribution in [3.8, 4) is 0 Å². The second-order valence-corrected chi connectivity index (χ2v) is 6.79. The van der Waals surface area contributed by atoms with Crippen molar-refractivity contribution in [2.24, 2.45) is 5.73 Å². The van der Waals surface area contributed by atoms with E-state index in [1.807, 2.05) is 13.8 Å². The highest BCUT2D eigenvalue weighted by atomic mass is 32.2. The molecule has 0 spiro atoms. The predicted molar refractivity (Wildman–Crippen MR) is 78.6 cm³/mol. The fraction of sp³-hybridized carbons (Fsp3) is 0.846. The summed E-state index contributed by atoms with van der Waals surface area (Å²) >= 11 is 1.67. The number of H-pyrrole nitrogens is 1. The fourth-order valence-corrected chi connectivity index (χ4v) is 3.96. The van der Waals surface area contributed by atoms with E-state index in [9.17, 15) is 4.79 Å². The number of nitrogens with zero attached hydrogens (tertiary/aromatic N) is 2. The molecule has 1 aliphatic rings. The Morgan fingerprint density at radius 2 is 2.00 bits per heavy atom. The van der Waals surface area contributed by atoms with Crippen LogP contribution in [0.15, 0.2) is 9.95 Å². The minimum Gasteiger partial charge on any atom is -0.327 e. The molecule has 0 saturated heterocycles. The molecule has 19 heavy (non-hydrogen) atoms. The van der Waals surface area contributed by atoms with Crippen LogP contribution in [0.1, 0.15) is 58.4 Å². The van der Waals surface area contributed by atoms with Crippen LogP contribution in [-0.4, -0.2) is 26.1 Å². The van der Waals surface area contributed by atoms with Gasteiger partial charge in [0.2, 0.25) is 0 Å². The summed E-state index contributed by atoms with van der Waals surface area (Å²) in [5.74, 6) is 0. The number of aromatic amines is 1. The number of thioether (sulfide) groups is 1. The van der Waals surface area contributed by atoms with Crippen molar-refractivity contribution in [1.82, 2.24) is 14.8 Å². The molecule has 6 heteroatoms. The average Bonchev–Trinajstić information content (AvgIpc) is 2.70. The second kappa shape index (κ2) is 6.61. The molecule has 108 valence electrons. The van der Waals surface area contributed by atoms with Crippen molar-refractivity contribution >= 4 is 11.8 Å². The molecule has 1 aromatic heterocycles. The van der Waals surface area contributed by atoms with Crippen molar-refractivity contribution in [1.29, 1.82) is 0 Å². The van der Waals surface area contributed by atoms with E-state index in [2.05, 4.69) is 10.2 Å². The van der Waals surface area contributed by atoms with Gasteiger partial charge in [0, 0.05) is 17.3 Å². The first-order valence-corrected chi connectivity index (χ1v) is 8.06. The smallest absolute Gasteiger partial charge is 0.327 e. The maximum atomic E-state index is 11.7. The maximum absolute atomic E-state index is 11.7. The van der Waals surface area contributed by atoms with Gasteiger partial charge >= 0.3 is 5.69 Å². The number of aromatic nitrogens is 3. The Morgan fingerprint density at radius 3 is 2.68 bits per heavy atom. The molecule has 5 nitrogen and oxygen atoms in total. The Bertz CT molecular complexity index is 454. The Kier molecular flexibility index (Phi) is 5.10. The zero-order valence-corrected chi connectivity index (χ0v) is 12.6. The molecule has 0 radical (unpaired) electrons. The lowest BCUT2D eigenvalue weighted by Gasteiger charge is -2.25. The SMILES string of the molecule is CC(C)n1c(SC2CCCCCCC2N)n[nH]c1=O. The monoisotopic (exact) mass is 284 g/mol. The molecule has 0 amide bonds. The van der Waals surface area contributed by atoms with E-state index in [0.717, 1.165) is 18.0 Å². The second-order valence-electron chi connectivity index (χ2n) is 5.59. The molecule has 1 aromatic rings. The van der Waals surface area contributed by atoms with Gasteiger partial charge in [0.15, 0.2) is 5.16 Å². The van der Waals surface area contributed by atoms with Gasteiger partial charge in [0.25, 0.3) is 0 Å². The average molecular weight is 284 g/mol. The summed E-state index contributed by atoms with van der Waals surface area (Å²) in [6.07, 6.45) is 7.22. The number of rotatable bonds is 3. The molecule has 1 aliphatic carbocycles. The summed E-state index contributed by atoms with van der Waals surface area (Å²) < 4.78 is 1.72. The third kappa shape index (κ3) is 3.63. The van der Waals surface area contributed by atoms with E-state index < -0.39 is 0 Å².